The van der Waals surface area contributed by atoms with Crippen molar-refractivity contribution in [1.29, 1.82) is 0 Å². The topological polar surface area (TPSA) is 93.5 Å². The standard InChI is InChI=1S/C15H23N3O3/c1-4-21-14-6-5-12(9-13(14)16)15(20)10(2)17-7-8-18-11(3)19/h5-6,9-10,17H,4,7-8,16H2,1-3H3,(H,18,19). The Morgan fingerprint density at radius 3 is 2.62 bits per heavy atom. The molecule has 0 aromatic heterocycles. The molecule has 0 aliphatic heterocycles. The molecule has 1 aromatic rings. The Labute approximate surface area is 125 Å². The van der Waals surface area contributed by atoms with E-state index in [1.165, 1.54) is 6.92 Å². The van der Waals surface area contributed by atoms with Gasteiger partial charge in [0.15, 0.2) is 5.78 Å². The molecule has 0 saturated heterocycles. The maximum absolute atomic E-state index is 12.2. The van der Waals surface area contributed by atoms with Crippen LogP contribution in [0.2, 0.25) is 0 Å². The SMILES string of the molecule is CCOc1ccc(C(=O)C(C)NCCNC(C)=O)cc1N. The number of rotatable bonds is 8. The molecule has 0 aliphatic carbocycles. The molecule has 21 heavy (non-hydrogen) atoms. The first kappa shape index (κ1) is 17.0. The average Bonchev–Trinajstić information content (AvgIpc) is 2.44. The molecular formula is C15H23N3O3. The first-order valence-corrected chi connectivity index (χ1v) is 7.00. The van der Waals surface area contributed by atoms with E-state index in [9.17, 15) is 9.59 Å². The molecule has 1 amide bonds. The molecule has 0 aliphatic rings. The van der Waals surface area contributed by atoms with E-state index in [-0.39, 0.29) is 17.7 Å². The van der Waals surface area contributed by atoms with Gasteiger partial charge in [0.2, 0.25) is 5.91 Å². The monoisotopic (exact) mass is 293 g/mol. The van der Waals surface area contributed by atoms with Crippen molar-refractivity contribution in [2.24, 2.45) is 0 Å². The Balaban J connectivity index is 2.57. The first-order valence-electron chi connectivity index (χ1n) is 7.00. The van der Waals surface area contributed by atoms with Crippen LogP contribution < -0.4 is 21.1 Å². The highest BCUT2D eigenvalue weighted by molar-refractivity contribution is 6.00. The number of nitrogen functional groups attached to an aromatic ring is 1. The second kappa shape index (κ2) is 8.26. The Morgan fingerprint density at radius 1 is 1.33 bits per heavy atom. The highest BCUT2D eigenvalue weighted by Gasteiger charge is 2.15. The number of carbonyl (C=O) groups excluding carboxylic acids is 2. The van der Waals surface area contributed by atoms with Gasteiger partial charge in [0.1, 0.15) is 5.75 Å². The predicted molar refractivity (Wildman–Crippen MR) is 82.5 cm³/mol. The van der Waals surface area contributed by atoms with Crippen molar-refractivity contribution in [2.45, 2.75) is 26.8 Å². The summed E-state index contributed by atoms with van der Waals surface area (Å²) >= 11 is 0. The van der Waals surface area contributed by atoms with Gasteiger partial charge in [-0.2, -0.15) is 0 Å². The van der Waals surface area contributed by atoms with Crippen LogP contribution in [-0.4, -0.2) is 37.4 Å². The third kappa shape index (κ3) is 5.43. The average molecular weight is 293 g/mol. The van der Waals surface area contributed by atoms with Gasteiger partial charge in [0, 0.05) is 25.6 Å². The number of Topliss-reactive ketones (excluding diaryl/α,β-unsaturated/α-hetero) is 1. The molecule has 6 nitrogen and oxygen atoms in total. The van der Waals surface area contributed by atoms with Crippen molar-refractivity contribution in [2.75, 3.05) is 25.4 Å². The van der Waals surface area contributed by atoms with Crippen molar-refractivity contribution < 1.29 is 14.3 Å². The summed E-state index contributed by atoms with van der Waals surface area (Å²) < 4.78 is 5.34. The number of anilines is 1. The summed E-state index contributed by atoms with van der Waals surface area (Å²) in [5.41, 5.74) is 6.84. The summed E-state index contributed by atoms with van der Waals surface area (Å²) in [6, 6.07) is 4.68. The second-order valence-electron chi connectivity index (χ2n) is 4.71. The molecule has 4 N–H and O–H groups in total. The fraction of sp³-hybridized carbons (Fsp3) is 0.467. The third-order valence-corrected chi connectivity index (χ3v) is 2.94. The van der Waals surface area contributed by atoms with Gasteiger partial charge in [-0.1, -0.05) is 0 Å². The lowest BCUT2D eigenvalue weighted by Crippen LogP contribution is -2.39. The molecule has 0 fully saturated rings. The third-order valence-electron chi connectivity index (χ3n) is 2.94. The molecule has 1 aromatic carbocycles. The number of amides is 1. The van der Waals surface area contributed by atoms with Crippen LogP contribution in [0, 0.1) is 0 Å². The number of carbonyl (C=O) groups is 2. The number of hydrogen-bond donors (Lipinski definition) is 3. The maximum Gasteiger partial charge on any atom is 0.216 e. The van der Waals surface area contributed by atoms with E-state index in [0.717, 1.165) is 0 Å². The molecular weight excluding hydrogens is 270 g/mol. The van der Waals surface area contributed by atoms with Gasteiger partial charge in [-0.15, -0.1) is 0 Å². The fourth-order valence-electron chi connectivity index (χ4n) is 1.86. The van der Waals surface area contributed by atoms with Crippen LogP contribution in [0.25, 0.3) is 0 Å². The van der Waals surface area contributed by atoms with Gasteiger partial charge in [-0.25, -0.2) is 0 Å². The van der Waals surface area contributed by atoms with Gasteiger partial charge < -0.3 is 21.1 Å². The summed E-state index contributed by atoms with van der Waals surface area (Å²) in [7, 11) is 0. The summed E-state index contributed by atoms with van der Waals surface area (Å²) in [5.74, 6) is 0.447. The molecule has 1 atom stereocenters. The normalized spacial score (nSPS) is 11.8. The minimum absolute atomic E-state index is 0.0485. The van der Waals surface area contributed by atoms with E-state index < -0.39 is 0 Å². The number of nitrogens with two attached hydrogens (primary N) is 1. The van der Waals surface area contributed by atoms with Crippen molar-refractivity contribution in [3.63, 3.8) is 0 Å². The van der Waals surface area contributed by atoms with E-state index in [2.05, 4.69) is 10.6 Å². The summed E-state index contributed by atoms with van der Waals surface area (Å²) in [6.07, 6.45) is 0. The van der Waals surface area contributed by atoms with E-state index in [0.29, 0.717) is 36.7 Å². The highest BCUT2D eigenvalue weighted by Crippen LogP contribution is 2.23. The van der Waals surface area contributed by atoms with Crippen LogP contribution in [0.3, 0.4) is 0 Å². The van der Waals surface area contributed by atoms with Crippen LogP contribution >= 0.6 is 0 Å². The minimum atomic E-state index is -0.351. The number of benzene rings is 1. The van der Waals surface area contributed by atoms with Crippen molar-refractivity contribution in [1.82, 2.24) is 10.6 Å². The highest BCUT2D eigenvalue weighted by atomic mass is 16.5. The number of ketones is 1. The molecule has 0 saturated carbocycles. The lowest BCUT2D eigenvalue weighted by molar-refractivity contribution is -0.118. The van der Waals surface area contributed by atoms with E-state index in [1.54, 1.807) is 25.1 Å². The van der Waals surface area contributed by atoms with Gasteiger partial charge >= 0.3 is 0 Å². The lowest BCUT2D eigenvalue weighted by Gasteiger charge is -2.14. The Bertz CT molecular complexity index is 503. The zero-order chi connectivity index (χ0) is 15.8. The number of nitrogens with one attached hydrogen (secondary N) is 2. The summed E-state index contributed by atoms with van der Waals surface area (Å²) in [6.45, 7) is 6.65. The molecule has 1 unspecified atom stereocenters. The van der Waals surface area contributed by atoms with Crippen LogP contribution in [-0.2, 0) is 4.79 Å². The molecule has 0 spiro atoms. The van der Waals surface area contributed by atoms with E-state index in [1.807, 2.05) is 6.92 Å². The summed E-state index contributed by atoms with van der Waals surface area (Å²) in [5, 5.41) is 5.72. The lowest BCUT2D eigenvalue weighted by atomic mass is 10.0. The van der Waals surface area contributed by atoms with Gasteiger partial charge in [0.05, 0.1) is 18.3 Å². The molecule has 116 valence electrons. The Hall–Kier alpha value is -2.08. The van der Waals surface area contributed by atoms with Crippen LogP contribution in [0.15, 0.2) is 18.2 Å². The smallest absolute Gasteiger partial charge is 0.216 e. The van der Waals surface area contributed by atoms with Crippen molar-refractivity contribution in [3.8, 4) is 5.75 Å². The van der Waals surface area contributed by atoms with Gasteiger partial charge in [-0.05, 0) is 32.0 Å². The molecule has 0 radical (unpaired) electrons. The number of hydrogen-bond acceptors (Lipinski definition) is 5. The largest absolute Gasteiger partial charge is 0.492 e. The van der Waals surface area contributed by atoms with E-state index in [4.69, 9.17) is 10.5 Å². The number of ether oxygens (including phenoxy) is 1. The maximum atomic E-state index is 12.2. The van der Waals surface area contributed by atoms with Crippen LogP contribution in [0.1, 0.15) is 31.1 Å². The van der Waals surface area contributed by atoms with Crippen LogP contribution in [0.4, 0.5) is 5.69 Å². The molecule has 6 heteroatoms. The van der Waals surface area contributed by atoms with Crippen molar-refractivity contribution in [3.05, 3.63) is 23.8 Å². The van der Waals surface area contributed by atoms with Gasteiger partial charge in [-0.3, -0.25) is 9.59 Å². The van der Waals surface area contributed by atoms with Crippen molar-refractivity contribution >= 4 is 17.4 Å². The fourth-order valence-corrected chi connectivity index (χ4v) is 1.86. The minimum Gasteiger partial charge on any atom is -0.492 e. The molecule has 1 rings (SSSR count). The molecule has 0 bridgehead atoms. The molecule has 0 heterocycles. The Kier molecular flexibility index (Phi) is 6.68. The second-order valence-corrected chi connectivity index (χ2v) is 4.71. The first-order chi connectivity index (χ1) is 9.95. The zero-order valence-electron chi connectivity index (χ0n) is 12.7. The summed E-state index contributed by atoms with van der Waals surface area (Å²) in [4.78, 5) is 23.0. The predicted octanol–water partition coefficient (Wildman–Crippen LogP) is 0.964. The Morgan fingerprint density at radius 2 is 2.05 bits per heavy atom. The van der Waals surface area contributed by atoms with Gasteiger partial charge in [0.25, 0.3) is 0 Å². The zero-order valence-corrected chi connectivity index (χ0v) is 12.7. The quantitative estimate of drug-likeness (QED) is 0.377. The van der Waals surface area contributed by atoms with E-state index >= 15 is 0 Å². The van der Waals surface area contributed by atoms with Crippen LogP contribution in [0.5, 0.6) is 5.75 Å².